The predicted octanol–water partition coefficient (Wildman–Crippen LogP) is 3.48. The molecular weight excluding hydrogens is 323 g/mol. The third-order valence-corrected chi connectivity index (χ3v) is 3.62. The molecule has 0 aliphatic rings. The largest absolute Gasteiger partial charge is 0.451 e. The SMILES string of the molecule is Cc1ccc(F)cc1NC(=O)COC(=O)c1ccc2ccccc2n1. The van der Waals surface area contributed by atoms with E-state index in [2.05, 4.69) is 10.3 Å². The fourth-order valence-electron chi connectivity index (χ4n) is 2.30. The number of ether oxygens (including phenoxy) is 1. The second-order valence-electron chi connectivity index (χ2n) is 5.47. The molecule has 0 spiro atoms. The maximum Gasteiger partial charge on any atom is 0.357 e. The Hall–Kier alpha value is -3.28. The van der Waals surface area contributed by atoms with Crippen molar-refractivity contribution in [3.8, 4) is 0 Å². The fourth-order valence-corrected chi connectivity index (χ4v) is 2.30. The van der Waals surface area contributed by atoms with Crippen LogP contribution in [0.2, 0.25) is 0 Å². The van der Waals surface area contributed by atoms with E-state index in [1.165, 1.54) is 12.1 Å². The number of aryl methyl sites for hydroxylation is 1. The van der Waals surface area contributed by atoms with Crippen LogP contribution in [0, 0.1) is 12.7 Å². The molecule has 0 aliphatic heterocycles. The van der Waals surface area contributed by atoms with Gasteiger partial charge in [0, 0.05) is 11.1 Å². The lowest BCUT2D eigenvalue weighted by atomic mass is 10.2. The lowest BCUT2D eigenvalue weighted by Crippen LogP contribution is -2.21. The van der Waals surface area contributed by atoms with Crippen molar-refractivity contribution in [3.05, 3.63) is 71.7 Å². The first-order valence-corrected chi connectivity index (χ1v) is 7.62. The van der Waals surface area contributed by atoms with E-state index in [-0.39, 0.29) is 5.69 Å². The van der Waals surface area contributed by atoms with Gasteiger partial charge in [-0.1, -0.05) is 30.3 Å². The standard InChI is InChI=1S/C19H15FN2O3/c1-12-6-8-14(20)10-17(12)22-18(23)11-25-19(24)16-9-7-13-4-2-3-5-15(13)21-16/h2-10H,11H2,1H3,(H,22,23). The summed E-state index contributed by atoms with van der Waals surface area (Å²) in [6, 6.07) is 14.7. The Morgan fingerprint density at radius 1 is 1.12 bits per heavy atom. The molecule has 1 amide bonds. The lowest BCUT2D eigenvalue weighted by molar-refractivity contribution is -0.119. The molecule has 0 fully saturated rings. The number of carbonyl (C=O) groups is 2. The second kappa shape index (κ2) is 7.09. The van der Waals surface area contributed by atoms with Crippen molar-refractivity contribution in [2.24, 2.45) is 0 Å². The van der Waals surface area contributed by atoms with Crippen LogP contribution >= 0.6 is 0 Å². The summed E-state index contributed by atoms with van der Waals surface area (Å²) in [6.07, 6.45) is 0. The Kier molecular flexibility index (Phi) is 4.70. The number of benzene rings is 2. The molecule has 1 N–H and O–H groups in total. The molecule has 1 heterocycles. The maximum atomic E-state index is 13.2. The summed E-state index contributed by atoms with van der Waals surface area (Å²) in [5.41, 5.74) is 1.83. The minimum absolute atomic E-state index is 0.119. The van der Waals surface area contributed by atoms with Crippen molar-refractivity contribution >= 4 is 28.5 Å². The number of para-hydroxylation sites is 1. The highest BCUT2D eigenvalue weighted by molar-refractivity contribution is 5.96. The molecule has 0 saturated carbocycles. The van der Waals surface area contributed by atoms with Crippen molar-refractivity contribution < 1.29 is 18.7 Å². The Morgan fingerprint density at radius 3 is 2.76 bits per heavy atom. The van der Waals surface area contributed by atoms with Gasteiger partial charge < -0.3 is 10.1 Å². The lowest BCUT2D eigenvalue weighted by Gasteiger charge is -2.09. The number of pyridine rings is 1. The molecular formula is C19H15FN2O3. The molecule has 0 saturated heterocycles. The molecule has 0 bridgehead atoms. The Bertz CT molecular complexity index is 956. The van der Waals surface area contributed by atoms with E-state index in [1.54, 1.807) is 31.2 Å². The number of nitrogens with one attached hydrogen (secondary N) is 1. The zero-order valence-electron chi connectivity index (χ0n) is 13.5. The first-order chi connectivity index (χ1) is 12.0. The van der Waals surface area contributed by atoms with Crippen LogP contribution in [0.3, 0.4) is 0 Å². The average Bonchev–Trinajstić information content (AvgIpc) is 2.62. The monoisotopic (exact) mass is 338 g/mol. The van der Waals surface area contributed by atoms with Gasteiger partial charge in [-0.25, -0.2) is 14.2 Å². The summed E-state index contributed by atoms with van der Waals surface area (Å²) in [6.45, 7) is 1.25. The van der Waals surface area contributed by atoms with E-state index in [0.717, 1.165) is 5.39 Å². The van der Waals surface area contributed by atoms with Crippen LogP contribution in [0.1, 0.15) is 16.1 Å². The zero-order valence-corrected chi connectivity index (χ0v) is 13.5. The third kappa shape index (κ3) is 3.98. The first-order valence-electron chi connectivity index (χ1n) is 7.62. The third-order valence-electron chi connectivity index (χ3n) is 3.62. The highest BCUT2D eigenvalue weighted by Gasteiger charge is 2.13. The number of fused-ring (bicyclic) bond motifs is 1. The number of carbonyl (C=O) groups excluding carboxylic acids is 2. The van der Waals surface area contributed by atoms with Crippen molar-refractivity contribution in [1.29, 1.82) is 0 Å². The first kappa shape index (κ1) is 16.6. The van der Waals surface area contributed by atoms with Crippen LogP contribution < -0.4 is 5.32 Å². The number of amides is 1. The van der Waals surface area contributed by atoms with Crippen LogP contribution in [-0.2, 0) is 9.53 Å². The Balaban J connectivity index is 1.62. The predicted molar refractivity (Wildman–Crippen MR) is 91.8 cm³/mol. The van der Waals surface area contributed by atoms with Gasteiger partial charge >= 0.3 is 5.97 Å². The summed E-state index contributed by atoms with van der Waals surface area (Å²) < 4.78 is 18.2. The van der Waals surface area contributed by atoms with Crippen LogP contribution in [0.4, 0.5) is 10.1 Å². The van der Waals surface area contributed by atoms with Gasteiger partial charge in [0.15, 0.2) is 6.61 Å². The van der Waals surface area contributed by atoms with E-state index >= 15 is 0 Å². The smallest absolute Gasteiger partial charge is 0.357 e. The number of esters is 1. The summed E-state index contributed by atoms with van der Waals surface area (Å²) in [5, 5.41) is 3.41. The van der Waals surface area contributed by atoms with Crippen molar-refractivity contribution in [3.63, 3.8) is 0 Å². The summed E-state index contributed by atoms with van der Waals surface area (Å²) >= 11 is 0. The highest BCUT2D eigenvalue weighted by atomic mass is 19.1. The molecule has 2 aromatic carbocycles. The van der Waals surface area contributed by atoms with Crippen LogP contribution in [-0.4, -0.2) is 23.5 Å². The quantitative estimate of drug-likeness (QED) is 0.740. The van der Waals surface area contributed by atoms with Gasteiger partial charge in [-0.15, -0.1) is 0 Å². The van der Waals surface area contributed by atoms with Crippen molar-refractivity contribution in [2.45, 2.75) is 6.92 Å². The Morgan fingerprint density at radius 2 is 1.92 bits per heavy atom. The summed E-state index contributed by atoms with van der Waals surface area (Å²) in [7, 11) is 0. The molecule has 6 heteroatoms. The highest BCUT2D eigenvalue weighted by Crippen LogP contribution is 2.16. The molecule has 3 rings (SSSR count). The van der Waals surface area contributed by atoms with E-state index < -0.39 is 24.3 Å². The van der Waals surface area contributed by atoms with Crippen LogP contribution in [0.5, 0.6) is 0 Å². The zero-order chi connectivity index (χ0) is 17.8. The average molecular weight is 338 g/mol. The van der Waals surface area contributed by atoms with Crippen LogP contribution in [0.15, 0.2) is 54.6 Å². The van der Waals surface area contributed by atoms with Gasteiger partial charge in [-0.3, -0.25) is 4.79 Å². The molecule has 0 atom stereocenters. The van der Waals surface area contributed by atoms with Gasteiger partial charge in [-0.05, 0) is 36.8 Å². The van der Waals surface area contributed by atoms with Gasteiger partial charge in [0.25, 0.3) is 5.91 Å². The minimum atomic E-state index is -0.697. The molecule has 1 aromatic heterocycles. The number of anilines is 1. The minimum Gasteiger partial charge on any atom is -0.451 e. The topological polar surface area (TPSA) is 68.3 Å². The number of halogens is 1. The van der Waals surface area contributed by atoms with E-state index in [0.29, 0.717) is 16.8 Å². The van der Waals surface area contributed by atoms with Crippen molar-refractivity contribution in [2.75, 3.05) is 11.9 Å². The fraction of sp³-hybridized carbons (Fsp3) is 0.105. The number of rotatable bonds is 4. The normalized spacial score (nSPS) is 10.5. The molecule has 126 valence electrons. The number of nitrogens with zero attached hydrogens (tertiary/aromatic N) is 1. The molecule has 5 nitrogen and oxygen atoms in total. The molecule has 0 unspecified atom stereocenters. The summed E-state index contributed by atoms with van der Waals surface area (Å²) in [4.78, 5) is 28.1. The number of hydrogen-bond donors (Lipinski definition) is 1. The maximum absolute atomic E-state index is 13.2. The van der Waals surface area contributed by atoms with Gasteiger partial charge in [0.2, 0.25) is 0 Å². The van der Waals surface area contributed by atoms with Gasteiger partial charge in [0.05, 0.1) is 5.52 Å². The van der Waals surface area contributed by atoms with E-state index in [1.807, 2.05) is 18.2 Å². The summed E-state index contributed by atoms with van der Waals surface area (Å²) in [5.74, 6) is -1.71. The molecule has 25 heavy (non-hydrogen) atoms. The molecule has 0 aliphatic carbocycles. The van der Waals surface area contributed by atoms with Gasteiger partial charge in [0.1, 0.15) is 11.5 Å². The van der Waals surface area contributed by atoms with Crippen LogP contribution in [0.25, 0.3) is 10.9 Å². The molecule has 3 aromatic rings. The molecule has 0 radical (unpaired) electrons. The van der Waals surface area contributed by atoms with E-state index in [4.69, 9.17) is 4.74 Å². The Labute approximate surface area is 143 Å². The van der Waals surface area contributed by atoms with Gasteiger partial charge in [-0.2, -0.15) is 0 Å². The number of hydrogen-bond acceptors (Lipinski definition) is 4. The number of aromatic nitrogens is 1. The second-order valence-corrected chi connectivity index (χ2v) is 5.47. The van der Waals surface area contributed by atoms with E-state index in [9.17, 15) is 14.0 Å². The van der Waals surface area contributed by atoms with Crippen molar-refractivity contribution in [1.82, 2.24) is 4.98 Å².